The number of pyridine rings is 1. The minimum atomic E-state index is -3.09. The molecule has 1 N–H and O–H groups in total. The summed E-state index contributed by atoms with van der Waals surface area (Å²) in [4.78, 5) is 29.7. The Morgan fingerprint density at radius 1 is 1.21 bits per heavy atom. The van der Waals surface area contributed by atoms with Gasteiger partial charge < -0.3 is 10.1 Å². The van der Waals surface area contributed by atoms with Gasteiger partial charge in [0.15, 0.2) is 15.9 Å². The van der Waals surface area contributed by atoms with Crippen molar-refractivity contribution in [2.45, 2.75) is 44.2 Å². The molecule has 2 atom stereocenters. The van der Waals surface area contributed by atoms with Crippen LogP contribution in [0.1, 0.15) is 48.2 Å². The van der Waals surface area contributed by atoms with Gasteiger partial charge in [0.25, 0.3) is 5.91 Å². The minimum Gasteiger partial charge on any atom is -0.449 e. The summed E-state index contributed by atoms with van der Waals surface area (Å²) < 4.78 is 28.5. The SMILES string of the molecule is C[C@@H](OC(=O)c1cc(C2CC2)nc2ccccc12)C(=O)N[C@H]1CCS(=O)(=O)C1. The maximum absolute atomic E-state index is 12.8. The largest absolute Gasteiger partial charge is 0.449 e. The molecule has 148 valence electrons. The number of fused-ring (bicyclic) bond motifs is 1. The molecular formula is C20H22N2O5S. The number of carbonyl (C=O) groups excluding carboxylic acids is 2. The average molecular weight is 402 g/mol. The van der Waals surface area contributed by atoms with Gasteiger partial charge in [0.1, 0.15) is 0 Å². The second-order valence-corrected chi connectivity index (χ2v) is 9.77. The van der Waals surface area contributed by atoms with Crippen molar-refractivity contribution in [3.8, 4) is 0 Å². The van der Waals surface area contributed by atoms with E-state index in [0.29, 0.717) is 23.3 Å². The molecule has 0 unspecified atom stereocenters. The number of hydrogen-bond donors (Lipinski definition) is 1. The number of carbonyl (C=O) groups is 2. The third kappa shape index (κ3) is 4.01. The smallest absolute Gasteiger partial charge is 0.339 e. The molecule has 28 heavy (non-hydrogen) atoms. The van der Waals surface area contributed by atoms with E-state index in [1.165, 1.54) is 6.92 Å². The van der Waals surface area contributed by atoms with Crippen LogP contribution in [0.2, 0.25) is 0 Å². The molecule has 1 aromatic carbocycles. The van der Waals surface area contributed by atoms with Gasteiger partial charge >= 0.3 is 5.97 Å². The number of aromatic nitrogens is 1. The number of esters is 1. The summed E-state index contributed by atoms with van der Waals surface area (Å²) in [6.45, 7) is 1.49. The highest BCUT2D eigenvalue weighted by Crippen LogP contribution is 2.40. The number of hydrogen-bond acceptors (Lipinski definition) is 6. The van der Waals surface area contributed by atoms with Crippen molar-refractivity contribution < 1.29 is 22.7 Å². The highest BCUT2D eigenvalue weighted by atomic mass is 32.2. The zero-order chi connectivity index (χ0) is 19.9. The van der Waals surface area contributed by atoms with Crippen molar-refractivity contribution in [2.75, 3.05) is 11.5 Å². The fourth-order valence-corrected chi connectivity index (χ4v) is 5.13. The van der Waals surface area contributed by atoms with Gasteiger partial charge in [-0.25, -0.2) is 13.2 Å². The zero-order valence-electron chi connectivity index (χ0n) is 15.6. The van der Waals surface area contributed by atoms with Crippen LogP contribution >= 0.6 is 0 Å². The first-order valence-corrected chi connectivity index (χ1v) is 11.3. The average Bonchev–Trinajstić information content (AvgIpc) is 3.45. The maximum Gasteiger partial charge on any atom is 0.339 e. The topological polar surface area (TPSA) is 102 Å². The van der Waals surface area contributed by atoms with Gasteiger partial charge in [-0.3, -0.25) is 9.78 Å². The third-order valence-corrected chi connectivity index (χ3v) is 6.95. The Balaban J connectivity index is 1.49. The van der Waals surface area contributed by atoms with E-state index in [9.17, 15) is 18.0 Å². The minimum absolute atomic E-state index is 0.0685. The lowest BCUT2D eigenvalue weighted by Crippen LogP contribution is -2.42. The van der Waals surface area contributed by atoms with E-state index in [4.69, 9.17) is 4.74 Å². The highest BCUT2D eigenvalue weighted by molar-refractivity contribution is 7.91. The molecule has 1 saturated carbocycles. The van der Waals surface area contributed by atoms with Crippen molar-refractivity contribution in [3.63, 3.8) is 0 Å². The number of rotatable bonds is 5. The monoisotopic (exact) mass is 402 g/mol. The van der Waals surface area contributed by atoms with Crippen LogP contribution in [0.5, 0.6) is 0 Å². The molecule has 1 aliphatic heterocycles. The summed E-state index contributed by atoms with van der Waals surface area (Å²) in [7, 11) is -3.09. The second-order valence-electron chi connectivity index (χ2n) is 7.54. The number of ether oxygens (including phenoxy) is 1. The van der Waals surface area contributed by atoms with E-state index < -0.39 is 33.9 Å². The van der Waals surface area contributed by atoms with Crippen LogP contribution in [0.25, 0.3) is 10.9 Å². The molecular weight excluding hydrogens is 380 g/mol. The van der Waals surface area contributed by atoms with Crippen LogP contribution in [-0.4, -0.2) is 48.9 Å². The molecule has 2 fully saturated rings. The molecule has 1 aliphatic carbocycles. The molecule has 2 heterocycles. The van der Waals surface area contributed by atoms with E-state index in [0.717, 1.165) is 24.1 Å². The van der Waals surface area contributed by atoms with Gasteiger partial charge in [0, 0.05) is 23.0 Å². The first kappa shape index (κ1) is 18.9. The third-order valence-electron chi connectivity index (χ3n) is 5.18. The van der Waals surface area contributed by atoms with Crippen molar-refractivity contribution in [1.82, 2.24) is 10.3 Å². The van der Waals surface area contributed by atoms with Gasteiger partial charge in [-0.05, 0) is 38.3 Å². The van der Waals surface area contributed by atoms with Crippen LogP contribution < -0.4 is 5.32 Å². The number of benzene rings is 1. The van der Waals surface area contributed by atoms with Gasteiger partial charge in [-0.15, -0.1) is 0 Å². The molecule has 8 heteroatoms. The fraction of sp³-hybridized carbons (Fsp3) is 0.450. The summed E-state index contributed by atoms with van der Waals surface area (Å²) in [5, 5.41) is 3.35. The van der Waals surface area contributed by atoms with Gasteiger partial charge in [-0.2, -0.15) is 0 Å². The number of sulfone groups is 1. The quantitative estimate of drug-likeness (QED) is 0.767. The predicted octanol–water partition coefficient (Wildman–Crippen LogP) is 1.96. The van der Waals surface area contributed by atoms with Crippen molar-refractivity contribution in [1.29, 1.82) is 0 Å². The van der Waals surface area contributed by atoms with Gasteiger partial charge in [-0.1, -0.05) is 18.2 Å². The molecule has 0 bridgehead atoms. The Morgan fingerprint density at radius 3 is 2.64 bits per heavy atom. The summed E-state index contributed by atoms with van der Waals surface area (Å²) in [6.07, 6.45) is 1.48. The van der Waals surface area contributed by atoms with E-state index in [2.05, 4.69) is 10.3 Å². The lowest BCUT2D eigenvalue weighted by atomic mass is 10.1. The summed E-state index contributed by atoms with van der Waals surface area (Å²) in [5.74, 6) is -0.697. The molecule has 0 radical (unpaired) electrons. The molecule has 1 saturated heterocycles. The van der Waals surface area contributed by atoms with Gasteiger partial charge in [0.2, 0.25) is 0 Å². The Kier molecular flexibility index (Phi) is 4.82. The second kappa shape index (κ2) is 7.16. The number of nitrogens with zero attached hydrogens (tertiary/aromatic N) is 1. The standard InChI is InChI=1S/C20H22N2O5S/c1-12(19(23)21-14-8-9-28(25,26)11-14)27-20(24)16-10-18(13-6-7-13)22-17-5-3-2-4-15(16)17/h2-5,10,12-14H,6-9,11H2,1H3,(H,21,23)/t12-,14+/m1/s1. The predicted molar refractivity (Wildman–Crippen MR) is 104 cm³/mol. The van der Waals surface area contributed by atoms with Crippen molar-refractivity contribution in [3.05, 3.63) is 41.6 Å². The van der Waals surface area contributed by atoms with Crippen LogP contribution in [-0.2, 0) is 19.4 Å². The van der Waals surface area contributed by atoms with E-state index >= 15 is 0 Å². The van der Waals surface area contributed by atoms with Gasteiger partial charge in [0.05, 0.1) is 22.6 Å². The van der Waals surface area contributed by atoms with E-state index in [1.54, 1.807) is 6.07 Å². The summed E-state index contributed by atoms with van der Waals surface area (Å²) in [5.41, 5.74) is 2.00. The van der Waals surface area contributed by atoms with Crippen LogP contribution in [0, 0.1) is 0 Å². The first-order chi connectivity index (χ1) is 13.3. The molecule has 7 nitrogen and oxygen atoms in total. The normalized spacial score (nSPS) is 22.0. The molecule has 2 aromatic rings. The molecule has 4 rings (SSSR count). The number of para-hydroxylation sites is 1. The highest BCUT2D eigenvalue weighted by Gasteiger charge is 2.31. The Bertz CT molecular complexity index is 1050. The van der Waals surface area contributed by atoms with Crippen LogP contribution in [0.15, 0.2) is 30.3 Å². The van der Waals surface area contributed by atoms with E-state index in [-0.39, 0.29) is 11.5 Å². The molecule has 2 aliphatic rings. The number of nitrogens with one attached hydrogen (secondary N) is 1. The zero-order valence-corrected chi connectivity index (χ0v) is 16.4. The van der Waals surface area contributed by atoms with Crippen LogP contribution in [0.4, 0.5) is 0 Å². The molecule has 0 spiro atoms. The molecule has 1 amide bonds. The number of amides is 1. The Morgan fingerprint density at radius 2 is 1.96 bits per heavy atom. The fourth-order valence-electron chi connectivity index (χ4n) is 3.46. The lowest BCUT2D eigenvalue weighted by molar-refractivity contribution is -0.129. The first-order valence-electron chi connectivity index (χ1n) is 9.44. The Labute approximate surface area is 163 Å². The molecule has 1 aromatic heterocycles. The van der Waals surface area contributed by atoms with Crippen LogP contribution in [0.3, 0.4) is 0 Å². The van der Waals surface area contributed by atoms with Crippen molar-refractivity contribution in [2.24, 2.45) is 0 Å². The Hall–Kier alpha value is -2.48. The summed E-state index contributed by atoms with van der Waals surface area (Å²) in [6, 6.07) is 8.69. The van der Waals surface area contributed by atoms with E-state index in [1.807, 2.05) is 24.3 Å². The maximum atomic E-state index is 12.8. The summed E-state index contributed by atoms with van der Waals surface area (Å²) >= 11 is 0. The lowest BCUT2D eigenvalue weighted by Gasteiger charge is -2.17. The van der Waals surface area contributed by atoms with Crippen molar-refractivity contribution >= 4 is 32.6 Å².